The Morgan fingerprint density at radius 2 is 1.59 bits per heavy atom. The lowest BCUT2D eigenvalue weighted by Gasteiger charge is -2.26. The largest absolute Gasteiger partial charge is 0.401 e. The lowest BCUT2D eigenvalue weighted by atomic mass is 9.84. The maximum Gasteiger partial charge on any atom is 0.401 e. The number of nitrogens with one attached hydrogen (secondary N) is 1. The highest BCUT2D eigenvalue weighted by Gasteiger charge is 2.28. The maximum atomic E-state index is 12.0. The minimum absolute atomic E-state index is 0.286. The zero-order chi connectivity index (χ0) is 13.1. The van der Waals surface area contributed by atoms with Crippen LogP contribution in [0, 0.1) is 0 Å². The molecular weight excluding hydrogens is 295 g/mol. The molecule has 0 saturated carbocycles. The predicted molar refractivity (Wildman–Crippen MR) is 66.1 cm³/mol. The van der Waals surface area contributed by atoms with Crippen molar-refractivity contribution in [2.24, 2.45) is 0 Å². The monoisotopic (exact) mass is 309 g/mol. The summed E-state index contributed by atoms with van der Waals surface area (Å²) in [6, 6.07) is 7.61. The third-order valence-corrected chi connectivity index (χ3v) is 3.05. The summed E-state index contributed by atoms with van der Waals surface area (Å²) in [6.07, 6.45) is -4.16. The van der Waals surface area contributed by atoms with E-state index in [1.54, 1.807) is 0 Å². The highest BCUT2D eigenvalue weighted by atomic mass is 79.9. The predicted octanol–water partition coefficient (Wildman–Crippen LogP) is 3.88. The Morgan fingerprint density at radius 1 is 1.06 bits per heavy atom. The number of alkyl halides is 3. The zero-order valence-corrected chi connectivity index (χ0v) is 11.3. The molecule has 0 aliphatic heterocycles. The summed E-state index contributed by atoms with van der Waals surface area (Å²) < 4.78 is 37.0. The minimum atomic E-state index is -4.16. The molecule has 0 amide bonds. The van der Waals surface area contributed by atoms with Crippen molar-refractivity contribution in [2.75, 3.05) is 13.1 Å². The van der Waals surface area contributed by atoms with E-state index < -0.39 is 12.7 Å². The summed E-state index contributed by atoms with van der Waals surface area (Å²) in [6.45, 7) is 3.17. The molecule has 5 heteroatoms. The van der Waals surface area contributed by atoms with E-state index in [2.05, 4.69) is 21.2 Å². The van der Waals surface area contributed by atoms with Gasteiger partial charge in [-0.3, -0.25) is 0 Å². The van der Waals surface area contributed by atoms with E-state index in [1.807, 2.05) is 38.1 Å². The van der Waals surface area contributed by atoms with E-state index in [0.29, 0.717) is 0 Å². The molecule has 0 heterocycles. The van der Waals surface area contributed by atoms with Gasteiger partial charge in [0.05, 0.1) is 6.54 Å². The minimum Gasteiger partial charge on any atom is -0.308 e. The van der Waals surface area contributed by atoms with Gasteiger partial charge in [-0.2, -0.15) is 13.2 Å². The summed E-state index contributed by atoms with van der Waals surface area (Å²) in [5.41, 5.74) is 0.682. The van der Waals surface area contributed by atoms with Gasteiger partial charge in [0.15, 0.2) is 0 Å². The van der Waals surface area contributed by atoms with Gasteiger partial charge in [-0.25, -0.2) is 0 Å². The Hall–Kier alpha value is -0.550. The SMILES string of the molecule is CC(C)(CNCC(F)(F)F)c1ccc(Br)cc1. The molecule has 0 spiro atoms. The summed E-state index contributed by atoms with van der Waals surface area (Å²) >= 11 is 3.33. The van der Waals surface area contributed by atoms with Crippen LogP contribution in [0.1, 0.15) is 19.4 Å². The molecule has 0 unspecified atom stereocenters. The number of halogens is 4. The number of benzene rings is 1. The zero-order valence-electron chi connectivity index (χ0n) is 9.74. The molecule has 0 atom stereocenters. The van der Waals surface area contributed by atoms with Crippen LogP contribution in [0.5, 0.6) is 0 Å². The molecule has 1 aromatic carbocycles. The highest BCUT2D eigenvalue weighted by Crippen LogP contribution is 2.24. The van der Waals surface area contributed by atoms with Crippen molar-refractivity contribution >= 4 is 15.9 Å². The van der Waals surface area contributed by atoms with Crippen molar-refractivity contribution in [1.29, 1.82) is 0 Å². The summed E-state index contributed by atoms with van der Waals surface area (Å²) in [4.78, 5) is 0. The maximum absolute atomic E-state index is 12.0. The molecule has 17 heavy (non-hydrogen) atoms. The molecule has 1 nitrogen and oxygen atoms in total. The fraction of sp³-hybridized carbons (Fsp3) is 0.500. The summed E-state index contributed by atoms with van der Waals surface area (Å²) in [5, 5.41) is 2.44. The number of hydrogen-bond donors (Lipinski definition) is 1. The summed E-state index contributed by atoms with van der Waals surface area (Å²) in [7, 11) is 0. The van der Waals surface area contributed by atoms with Gasteiger partial charge in [0.25, 0.3) is 0 Å². The van der Waals surface area contributed by atoms with Gasteiger partial charge in [0.2, 0.25) is 0 Å². The first kappa shape index (κ1) is 14.5. The van der Waals surface area contributed by atoms with Crippen molar-refractivity contribution in [3.8, 4) is 0 Å². The molecule has 1 rings (SSSR count). The van der Waals surface area contributed by atoms with Crippen molar-refractivity contribution in [3.63, 3.8) is 0 Å². The van der Waals surface area contributed by atoms with Gasteiger partial charge >= 0.3 is 6.18 Å². The molecule has 0 aromatic heterocycles. The first-order valence-electron chi connectivity index (χ1n) is 5.24. The lowest BCUT2D eigenvalue weighted by Crippen LogP contribution is -2.38. The van der Waals surface area contributed by atoms with Crippen LogP contribution in [0.3, 0.4) is 0 Å². The average Bonchev–Trinajstić information content (AvgIpc) is 2.15. The van der Waals surface area contributed by atoms with E-state index in [9.17, 15) is 13.2 Å². The number of hydrogen-bond acceptors (Lipinski definition) is 1. The Balaban J connectivity index is 2.59. The standard InChI is InChI=1S/C12H15BrF3N/c1-11(2,7-17-8-12(14,15)16)9-3-5-10(13)6-4-9/h3-6,17H,7-8H2,1-2H3. The van der Waals surface area contributed by atoms with Gasteiger partial charge in [0, 0.05) is 16.4 Å². The van der Waals surface area contributed by atoms with Crippen molar-refractivity contribution < 1.29 is 13.2 Å². The molecule has 0 saturated heterocycles. The average molecular weight is 310 g/mol. The summed E-state index contributed by atoms with van der Waals surface area (Å²) in [5.74, 6) is 0. The second kappa shape index (κ2) is 5.40. The van der Waals surface area contributed by atoms with Crippen molar-refractivity contribution in [2.45, 2.75) is 25.4 Å². The second-order valence-electron chi connectivity index (χ2n) is 4.61. The molecule has 0 aliphatic carbocycles. The van der Waals surface area contributed by atoms with Crippen LogP contribution < -0.4 is 5.32 Å². The Morgan fingerprint density at radius 3 is 2.06 bits per heavy atom. The van der Waals surface area contributed by atoms with Gasteiger partial charge < -0.3 is 5.32 Å². The molecule has 1 N–H and O–H groups in total. The topological polar surface area (TPSA) is 12.0 Å². The first-order chi connectivity index (χ1) is 7.71. The third kappa shape index (κ3) is 5.08. The van der Waals surface area contributed by atoms with Crippen LogP contribution in [0.15, 0.2) is 28.7 Å². The van der Waals surface area contributed by atoms with E-state index >= 15 is 0 Å². The van der Waals surface area contributed by atoms with Crippen LogP contribution in [0.25, 0.3) is 0 Å². The molecular formula is C12H15BrF3N. The quantitative estimate of drug-likeness (QED) is 0.890. The normalized spacial score (nSPS) is 12.8. The molecule has 0 radical (unpaired) electrons. The highest BCUT2D eigenvalue weighted by molar-refractivity contribution is 9.10. The van der Waals surface area contributed by atoms with Crippen LogP contribution in [-0.2, 0) is 5.41 Å². The van der Waals surface area contributed by atoms with E-state index in [0.717, 1.165) is 10.0 Å². The lowest BCUT2D eigenvalue weighted by molar-refractivity contribution is -0.125. The molecule has 0 fully saturated rings. The fourth-order valence-corrected chi connectivity index (χ4v) is 1.78. The Kier molecular flexibility index (Phi) is 4.61. The van der Waals surface area contributed by atoms with Crippen LogP contribution in [0.4, 0.5) is 13.2 Å². The van der Waals surface area contributed by atoms with Crippen LogP contribution >= 0.6 is 15.9 Å². The third-order valence-electron chi connectivity index (χ3n) is 2.52. The van der Waals surface area contributed by atoms with E-state index in [4.69, 9.17) is 0 Å². The first-order valence-corrected chi connectivity index (χ1v) is 6.03. The fourth-order valence-electron chi connectivity index (χ4n) is 1.52. The van der Waals surface area contributed by atoms with Gasteiger partial charge in [0.1, 0.15) is 0 Å². The van der Waals surface area contributed by atoms with E-state index in [1.165, 1.54) is 0 Å². The second-order valence-corrected chi connectivity index (χ2v) is 5.53. The van der Waals surface area contributed by atoms with Crippen molar-refractivity contribution in [1.82, 2.24) is 5.32 Å². The van der Waals surface area contributed by atoms with E-state index in [-0.39, 0.29) is 12.0 Å². The Labute approximate surface area is 108 Å². The van der Waals surface area contributed by atoms with Crippen LogP contribution in [0.2, 0.25) is 0 Å². The van der Waals surface area contributed by atoms with Crippen LogP contribution in [-0.4, -0.2) is 19.3 Å². The molecule has 1 aromatic rings. The van der Waals surface area contributed by atoms with Gasteiger partial charge in [-0.05, 0) is 17.7 Å². The molecule has 0 bridgehead atoms. The Bertz CT molecular complexity index is 357. The smallest absolute Gasteiger partial charge is 0.308 e. The van der Waals surface area contributed by atoms with Crippen molar-refractivity contribution in [3.05, 3.63) is 34.3 Å². The molecule has 96 valence electrons. The van der Waals surface area contributed by atoms with Gasteiger partial charge in [-0.1, -0.05) is 41.9 Å². The van der Waals surface area contributed by atoms with Gasteiger partial charge in [-0.15, -0.1) is 0 Å². The molecule has 0 aliphatic rings. The number of rotatable bonds is 4.